The monoisotopic (exact) mass is 212 g/mol. The number of unbranched alkanes of at least 4 members (excludes halogenated alkanes) is 9. The molecule has 0 N–H and O–H groups in total. The van der Waals surface area contributed by atoms with Crippen molar-refractivity contribution in [3.63, 3.8) is 0 Å². The Hall–Kier alpha value is 0.492. The maximum absolute atomic E-state index is 4.93. The summed E-state index contributed by atoms with van der Waals surface area (Å²) in [5.74, 6) is 0. The van der Waals surface area contributed by atoms with Gasteiger partial charge in [0.2, 0.25) is 0 Å². The van der Waals surface area contributed by atoms with Gasteiger partial charge < -0.3 is 0 Å². The molecule has 0 aromatic rings. The molecule has 0 saturated carbocycles. The summed E-state index contributed by atoms with van der Waals surface area (Å²) in [4.78, 5) is 0. The van der Waals surface area contributed by atoms with Crippen molar-refractivity contribution in [2.24, 2.45) is 0 Å². The summed E-state index contributed by atoms with van der Waals surface area (Å²) in [6.07, 6.45) is 13.9. The van der Waals surface area contributed by atoms with Crippen LogP contribution < -0.4 is 0 Å². The van der Waals surface area contributed by atoms with E-state index < -0.39 is 0 Å². The van der Waals surface area contributed by atoms with Crippen molar-refractivity contribution in [2.75, 3.05) is 6.61 Å². The van der Waals surface area contributed by atoms with Gasteiger partial charge in [-0.05, 0) is 0 Å². The van der Waals surface area contributed by atoms with Crippen molar-refractivity contribution < 1.29 is 3.79 Å². The van der Waals surface area contributed by atoms with E-state index in [1.54, 1.807) is 0 Å². The van der Waals surface area contributed by atoms with E-state index in [0.717, 1.165) is 6.61 Å². The molecule has 0 heterocycles. The van der Waals surface area contributed by atoms with Gasteiger partial charge in [0.1, 0.15) is 0 Å². The van der Waals surface area contributed by atoms with Crippen LogP contribution in [-0.2, 0) is 3.79 Å². The molecule has 0 amide bonds. The first-order chi connectivity index (χ1) is 6.91. The Labute approximate surface area is 98.4 Å². The molecular formula is C12H25AlO+2. The summed E-state index contributed by atoms with van der Waals surface area (Å²) in [6.45, 7) is 3.18. The molecule has 0 unspecified atom stereocenters. The van der Waals surface area contributed by atoms with Crippen LogP contribution in [0.5, 0.6) is 0 Å². The zero-order valence-electron chi connectivity index (χ0n) is 9.76. The second-order valence-electron chi connectivity index (χ2n) is 4.05. The normalized spacial score (nSPS) is 10.8. The second-order valence-corrected chi connectivity index (χ2v) is 4.39. The molecule has 14 heavy (non-hydrogen) atoms. The van der Waals surface area contributed by atoms with Crippen LogP contribution in [0.2, 0.25) is 0 Å². The predicted octanol–water partition coefficient (Wildman–Crippen LogP) is 4.01. The van der Waals surface area contributed by atoms with Gasteiger partial charge in [-0.3, -0.25) is 0 Å². The molecule has 0 aliphatic carbocycles. The molecule has 0 aromatic carbocycles. The molecule has 0 aliphatic heterocycles. The Kier molecular flexibility index (Phi) is 14.0. The summed E-state index contributed by atoms with van der Waals surface area (Å²) >= 11 is 2.31. The SMILES string of the molecule is CCCCCCCCCCCC[O][Al+2]. The van der Waals surface area contributed by atoms with Crippen LogP contribution in [0.25, 0.3) is 0 Å². The van der Waals surface area contributed by atoms with E-state index in [4.69, 9.17) is 3.79 Å². The molecule has 0 bridgehead atoms. The van der Waals surface area contributed by atoms with Gasteiger partial charge in [0, 0.05) is 0 Å². The van der Waals surface area contributed by atoms with Crippen molar-refractivity contribution in [2.45, 2.75) is 71.1 Å². The maximum atomic E-state index is 4.93. The fraction of sp³-hybridized carbons (Fsp3) is 1.00. The zero-order valence-corrected chi connectivity index (χ0v) is 10.9. The summed E-state index contributed by atoms with van der Waals surface area (Å²) in [5.41, 5.74) is 0. The van der Waals surface area contributed by atoms with Crippen LogP contribution in [0.4, 0.5) is 0 Å². The molecule has 0 aromatic heterocycles. The number of rotatable bonds is 11. The number of hydrogen-bond acceptors (Lipinski definition) is 1. The van der Waals surface area contributed by atoms with E-state index >= 15 is 0 Å². The molecule has 0 aliphatic rings. The van der Waals surface area contributed by atoms with Gasteiger partial charge in [0.05, 0.1) is 0 Å². The summed E-state index contributed by atoms with van der Waals surface area (Å²) in [7, 11) is 0. The Morgan fingerprint density at radius 1 is 0.714 bits per heavy atom. The first kappa shape index (κ1) is 14.5. The number of hydrogen-bond donors (Lipinski definition) is 0. The molecule has 1 nitrogen and oxygen atoms in total. The molecular weight excluding hydrogens is 187 g/mol. The third kappa shape index (κ3) is 12.5. The molecule has 0 fully saturated rings. The van der Waals surface area contributed by atoms with Crippen LogP contribution in [0, 0.1) is 0 Å². The minimum atomic E-state index is 0.904. The Bertz CT molecular complexity index is 84.3. The third-order valence-corrected chi connectivity index (χ3v) is 2.85. The van der Waals surface area contributed by atoms with Crippen molar-refractivity contribution in [1.82, 2.24) is 0 Å². The molecule has 0 rings (SSSR count). The van der Waals surface area contributed by atoms with Crippen LogP contribution in [0.15, 0.2) is 0 Å². The van der Waals surface area contributed by atoms with Gasteiger partial charge in [0.25, 0.3) is 0 Å². The van der Waals surface area contributed by atoms with Crippen LogP contribution in [-0.4, -0.2) is 23.2 Å². The molecule has 80 valence electrons. The van der Waals surface area contributed by atoms with Crippen molar-refractivity contribution in [3.05, 3.63) is 0 Å². The van der Waals surface area contributed by atoms with Gasteiger partial charge in [-0.15, -0.1) is 0 Å². The van der Waals surface area contributed by atoms with E-state index in [9.17, 15) is 0 Å². The van der Waals surface area contributed by atoms with Gasteiger partial charge in [0.15, 0.2) is 0 Å². The zero-order chi connectivity index (χ0) is 10.5. The third-order valence-electron chi connectivity index (χ3n) is 2.62. The average molecular weight is 212 g/mol. The van der Waals surface area contributed by atoms with Gasteiger partial charge in [-0.2, -0.15) is 0 Å². The van der Waals surface area contributed by atoms with E-state index in [1.165, 1.54) is 64.2 Å². The first-order valence-corrected chi connectivity index (χ1v) is 6.70. The minimum absolute atomic E-state index is 0.904. The van der Waals surface area contributed by atoms with Crippen LogP contribution >= 0.6 is 0 Å². The second kappa shape index (κ2) is 13.5. The van der Waals surface area contributed by atoms with E-state index in [-0.39, 0.29) is 0 Å². The van der Waals surface area contributed by atoms with E-state index in [1.807, 2.05) is 0 Å². The summed E-state index contributed by atoms with van der Waals surface area (Å²) in [6, 6.07) is 0. The van der Waals surface area contributed by atoms with Crippen LogP contribution in [0.3, 0.4) is 0 Å². The van der Waals surface area contributed by atoms with Crippen molar-refractivity contribution in [1.29, 1.82) is 0 Å². The fourth-order valence-corrected chi connectivity index (χ4v) is 1.84. The van der Waals surface area contributed by atoms with E-state index in [0.29, 0.717) is 0 Å². The Balaban J connectivity index is 2.78. The molecule has 0 saturated heterocycles. The Morgan fingerprint density at radius 3 is 1.57 bits per heavy atom. The standard InChI is InChI=1S/C12H25O.Al/c1-2-3-4-5-6-7-8-9-10-11-12-13;/h2-12H2,1H3;/q-1;+3. The predicted molar refractivity (Wildman–Crippen MR) is 63.6 cm³/mol. The molecule has 0 radical (unpaired) electrons. The summed E-state index contributed by atoms with van der Waals surface area (Å²) in [5, 5.41) is 0. The first-order valence-electron chi connectivity index (χ1n) is 6.23. The molecule has 0 spiro atoms. The molecule has 0 atom stereocenters. The van der Waals surface area contributed by atoms with Crippen LogP contribution in [0.1, 0.15) is 71.1 Å². The average Bonchev–Trinajstić information content (AvgIpc) is 2.21. The summed E-state index contributed by atoms with van der Waals surface area (Å²) < 4.78 is 4.93. The van der Waals surface area contributed by atoms with Crippen molar-refractivity contribution in [3.8, 4) is 0 Å². The van der Waals surface area contributed by atoms with Gasteiger partial charge in [-0.25, -0.2) is 0 Å². The van der Waals surface area contributed by atoms with Crippen molar-refractivity contribution >= 4 is 16.6 Å². The van der Waals surface area contributed by atoms with E-state index in [2.05, 4.69) is 23.5 Å². The van der Waals surface area contributed by atoms with Gasteiger partial charge >= 0.3 is 91.2 Å². The van der Waals surface area contributed by atoms with Gasteiger partial charge in [-0.1, -0.05) is 6.92 Å². The Morgan fingerprint density at radius 2 is 1.14 bits per heavy atom. The topological polar surface area (TPSA) is 9.23 Å². The quantitative estimate of drug-likeness (QED) is 0.371. The fourth-order valence-electron chi connectivity index (χ4n) is 1.67. The molecule has 2 heteroatoms.